The summed E-state index contributed by atoms with van der Waals surface area (Å²) in [5.74, 6) is 0. The first-order valence-electron chi connectivity index (χ1n) is 12.9. The van der Waals surface area contributed by atoms with Crippen molar-refractivity contribution < 1.29 is 4.74 Å². The summed E-state index contributed by atoms with van der Waals surface area (Å²) in [7, 11) is 0. The van der Waals surface area contributed by atoms with E-state index < -0.39 is 0 Å². The fourth-order valence-corrected chi connectivity index (χ4v) is 5.44. The van der Waals surface area contributed by atoms with Gasteiger partial charge >= 0.3 is 0 Å². The third-order valence-electron chi connectivity index (χ3n) is 6.91. The van der Waals surface area contributed by atoms with Gasteiger partial charge in [-0.2, -0.15) is 0 Å². The molecule has 1 aliphatic rings. The van der Waals surface area contributed by atoms with Crippen molar-refractivity contribution in [3.8, 4) is 0 Å². The van der Waals surface area contributed by atoms with Gasteiger partial charge in [0.2, 0.25) is 0 Å². The first-order valence-corrected chi connectivity index (χ1v) is 12.9. The van der Waals surface area contributed by atoms with E-state index in [1.807, 2.05) is 0 Å². The van der Waals surface area contributed by atoms with E-state index in [2.05, 4.69) is 111 Å². The molecule has 0 aromatic heterocycles. The zero-order valence-corrected chi connectivity index (χ0v) is 21.0. The van der Waals surface area contributed by atoms with Gasteiger partial charge in [0.25, 0.3) is 0 Å². The van der Waals surface area contributed by atoms with Crippen molar-refractivity contribution in [2.75, 3.05) is 19.8 Å². The van der Waals surface area contributed by atoms with Gasteiger partial charge in [-0.1, -0.05) is 91.9 Å². The number of fused-ring (bicyclic) bond motifs is 1. The monoisotopic (exact) mass is 453 g/mol. The second-order valence-corrected chi connectivity index (χ2v) is 9.69. The number of benzene rings is 3. The molecule has 0 saturated heterocycles. The van der Waals surface area contributed by atoms with Gasteiger partial charge in [-0.05, 0) is 79.5 Å². The molecular weight excluding hydrogens is 414 g/mol. The smallest absolute Gasteiger partial charge is 0.0598 e. The molecule has 1 N–H and O–H groups in total. The average Bonchev–Trinajstić information content (AvgIpc) is 3.16. The van der Waals surface area contributed by atoms with Crippen LogP contribution in [0.2, 0.25) is 0 Å². The van der Waals surface area contributed by atoms with Crippen molar-refractivity contribution in [3.63, 3.8) is 0 Å². The first kappa shape index (κ1) is 24.4. The van der Waals surface area contributed by atoms with E-state index in [0.717, 1.165) is 45.4 Å². The number of hydrogen-bond donors (Lipinski definition) is 1. The molecule has 178 valence electrons. The van der Waals surface area contributed by atoms with Gasteiger partial charge in [-0.3, -0.25) is 0 Å². The molecule has 2 heteroatoms. The van der Waals surface area contributed by atoms with Gasteiger partial charge < -0.3 is 10.1 Å². The highest BCUT2D eigenvalue weighted by Crippen LogP contribution is 2.47. The fourth-order valence-electron chi connectivity index (χ4n) is 5.44. The van der Waals surface area contributed by atoms with E-state index in [9.17, 15) is 0 Å². The molecule has 4 rings (SSSR count). The molecule has 0 radical (unpaired) electrons. The summed E-state index contributed by atoms with van der Waals surface area (Å²) >= 11 is 0. The first-order chi connectivity index (χ1) is 16.6. The Kier molecular flexibility index (Phi) is 8.37. The predicted octanol–water partition coefficient (Wildman–Crippen LogP) is 6.97. The number of rotatable bonds is 12. The van der Waals surface area contributed by atoms with E-state index in [1.165, 1.54) is 33.4 Å². The highest BCUT2D eigenvalue weighted by atomic mass is 16.5. The summed E-state index contributed by atoms with van der Waals surface area (Å²) < 4.78 is 6.17. The van der Waals surface area contributed by atoms with Crippen molar-refractivity contribution in [1.82, 2.24) is 5.32 Å². The van der Waals surface area contributed by atoms with E-state index in [1.54, 1.807) is 0 Å². The van der Waals surface area contributed by atoms with Gasteiger partial charge in [0.1, 0.15) is 0 Å². The molecule has 2 nitrogen and oxygen atoms in total. The number of ether oxygens (including phenoxy) is 1. The number of nitrogens with one attached hydrogen (secondary N) is 1. The topological polar surface area (TPSA) is 21.3 Å². The average molecular weight is 454 g/mol. The summed E-state index contributed by atoms with van der Waals surface area (Å²) in [5.41, 5.74) is 8.34. The van der Waals surface area contributed by atoms with E-state index in [-0.39, 0.29) is 5.41 Å². The zero-order chi connectivity index (χ0) is 23.8. The Bertz CT molecular complexity index is 1070. The Balaban J connectivity index is 1.78. The van der Waals surface area contributed by atoms with Gasteiger partial charge in [-0.15, -0.1) is 0 Å². The maximum atomic E-state index is 6.17. The SMILES string of the molecule is CCCNC(C)CC1(COCC)C=C(Cc2ccccc2)c2c(Cc3ccccc3)cccc21. The van der Waals surface area contributed by atoms with E-state index >= 15 is 0 Å². The second-order valence-electron chi connectivity index (χ2n) is 9.69. The van der Waals surface area contributed by atoms with Crippen LogP contribution in [0.5, 0.6) is 0 Å². The van der Waals surface area contributed by atoms with Crippen molar-refractivity contribution in [3.05, 3.63) is 113 Å². The van der Waals surface area contributed by atoms with Crippen LogP contribution in [0.15, 0.2) is 84.9 Å². The van der Waals surface area contributed by atoms with Gasteiger partial charge in [0.15, 0.2) is 0 Å². The molecule has 0 heterocycles. The number of allylic oxidation sites excluding steroid dienone is 1. The standard InChI is InChI=1S/C32H39NO/c1-4-19-33-25(3)22-32(24-34-5-2)23-29(21-27-15-10-7-11-16-27)31-28(17-12-18-30(31)32)20-26-13-8-6-9-14-26/h6-18,23,25,33H,4-5,19-22,24H2,1-3H3. The highest BCUT2D eigenvalue weighted by molar-refractivity contribution is 5.80. The third kappa shape index (κ3) is 5.68. The van der Waals surface area contributed by atoms with Crippen LogP contribution in [0.3, 0.4) is 0 Å². The van der Waals surface area contributed by atoms with Crippen molar-refractivity contribution in [1.29, 1.82) is 0 Å². The molecule has 2 atom stereocenters. The summed E-state index contributed by atoms with van der Waals surface area (Å²) in [6.07, 6.45) is 6.64. The van der Waals surface area contributed by atoms with Gasteiger partial charge in [0, 0.05) is 18.1 Å². The quantitative estimate of drug-likeness (QED) is 0.320. The summed E-state index contributed by atoms with van der Waals surface area (Å²) in [6, 6.07) is 29.1. The van der Waals surface area contributed by atoms with Crippen LogP contribution in [0, 0.1) is 0 Å². The Hall–Kier alpha value is -2.68. The normalized spacial score (nSPS) is 17.9. The lowest BCUT2D eigenvalue weighted by Gasteiger charge is -2.32. The Labute approximate surface area is 206 Å². The molecule has 0 saturated carbocycles. The van der Waals surface area contributed by atoms with Crippen LogP contribution in [-0.4, -0.2) is 25.8 Å². The minimum absolute atomic E-state index is 0.109. The van der Waals surface area contributed by atoms with Crippen LogP contribution in [0.1, 0.15) is 61.4 Å². The minimum atomic E-state index is -0.109. The van der Waals surface area contributed by atoms with Crippen LogP contribution < -0.4 is 5.32 Å². The maximum absolute atomic E-state index is 6.17. The molecular formula is C32H39NO. The molecule has 0 spiro atoms. The van der Waals surface area contributed by atoms with Crippen LogP contribution in [0.25, 0.3) is 5.57 Å². The molecule has 1 aliphatic carbocycles. The maximum Gasteiger partial charge on any atom is 0.0598 e. The molecule has 0 fully saturated rings. The summed E-state index contributed by atoms with van der Waals surface area (Å²) in [5, 5.41) is 3.73. The molecule has 0 amide bonds. The van der Waals surface area contributed by atoms with E-state index in [4.69, 9.17) is 4.74 Å². The number of hydrogen-bond acceptors (Lipinski definition) is 2. The molecule has 34 heavy (non-hydrogen) atoms. The van der Waals surface area contributed by atoms with E-state index in [0.29, 0.717) is 6.04 Å². The summed E-state index contributed by atoms with van der Waals surface area (Å²) in [4.78, 5) is 0. The lowest BCUT2D eigenvalue weighted by molar-refractivity contribution is 0.103. The lowest BCUT2D eigenvalue weighted by atomic mass is 9.77. The Morgan fingerprint density at radius 3 is 2.15 bits per heavy atom. The lowest BCUT2D eigenvalue weighted by Crippen LogP contribution is -2.38. The van der Waals surface area contributed by atoms with Crippen molar-refractivity contribution in [2.45, 2.75) is 57.9 Å². The molecule has 0 aliphatic heterocycles. The predicted molar refractivity (Wildman–Crippen MR) is 144 cm³/mol. The Morgan fingerprint density at radius 2 is 1.50 bits per heavy atom. The van der Waals surface area contributed by atoms with Gasteiger partial charge in [0.05, 0.1) is 6.61 Å². The van der Waals surface area contributed by atoms with Crippen LogP contribution >= 0.6 is 0 Å². The van der Waals surface area contributed by atoms with Gasteiger partial charge in [-0.25, -0.2) is 0 Å². The Morgan fingerprint density at radius 1 is 0.824 bits per heavy atom. The highest BCUT2D eigenvalue weighted by Gasteiger charge is 2.40. The molecule has 3 aromatic rings. The van der Waals surface area contributed by atoms with Crippen LogP contribution in [0.4, 0.5) is 0 Å². The second kappa shape index (κ2) is 11.6. The molecule has 0 bridgehead atoms. The third-order valence-corrected chi connectivity index (χ3v) is 6.91. The minimum Gasteiger partial charge on any atom is -0.380 e. The largest absolute Gasteiger partial charge is 0.380 e. The van der Waals surface area contributed by atoms with Crippen molar-refractivity contribution >= 4 is 5.57 Å². The summed E-state index contributed by atoms with van der Waals surface area (Å²) in [6.45, 7) is 9.16. The molecule has 2 unspecified atom stereocenters. The zero-order valence-electron chi connectivity index (χ0n) is 21.0. The van der Waals surface area contributed by atoms with Crippen LogP contribution in [-0.2, 0) is 23.0 Å². The van der Waals surface area contributed by atoms with Crippen molar-refractivity contribution in [2.24, 2.45) is 0 Å². The molecule has 3 aromatic carbocycles. The fraction of sp³-hybridized carbons (Fsp3) is 0.375.